The molecular weight excluding hydrogens is 461 g/mol. The van der Waals surface area contributed by atoms with Gasteiger partial charge < -0.3 is 4.57 Å². The highest BCUT2D eigenvalue weighted by molar-refractivity contribution is 9.10. The SMILES string of the molecule is Cc1nc2ccc(Br)cc2c(=O)n1N=Cc1cccn1-c1cccc(C(F)(F)F)c1. The molecule has 0 unspecified atom stereocenters. The Labute approximate surface area is 177 Å². The number of rotatable bonds is 3. The third-order valence-corrected chi connectivity index (χ3v) is 5.00. The Kier molecular flexibility index (Phi) is 5.07. The molecule has 4 aromatic rings. The van der Waals surface area contributed by atoms with Crippen molar-refractivity contribution in [2.45, 2.75) is 13.1 Å². The Morgan fingerprint density at radius 1 is 1.10 bits per heavy atom. The van der Waals surface area contributed by atoms with Gasteiger partial charge in [-0.3, -0.25) is 4.79 Å². The van der Waals surface area contributed by atoms with Crippen molar-refractivity contribution < 1.29 is 13.2 Å². The lowest BCUT2D eigenvalue weighted by Gasteiger charge is -2.11. The summed E-state index contributed by atoms with van der Waals surface area (Å²) in [6.45, 7) is 1.66. The number of benzene rings is 2. The van der Waals surface area contributed by atoms with E-state index in [4.69, 9.17) is 0 Å². The molecule has 0 aliphatic carbocycles. The van der Waals surface area contributed by atoms with Crippen LogP contribution in [0.2, 0.25) is 0 Å². The van der Waals surface area contributed by atoms with Gasteiger partial charge in [-0.05, 0) is 55.5 Å². The topological polar surface area (TPSA) is 52.2 Å². The first-order valence-electron chi connectivity index (χ1n) is 8.82. The summed E-state index contributed by atoms with van der Waals surface area (Å²) in [5.74, 6) is 0.392. The van der Waals surface area contributed by atoms with E-state index in [0.717, 1.165) is 21.3 Å². The van der Waals surface area contributed by atoms with E-state index in [-0.39, 0.29) is 5.56 Å². The van der Waals surface area contributed by atoms with E-state index in [2.05, 4.69) is 26.0 Å². The van der Waals surface area contributed by atoms with E-state index in [1.54, 1.807) is 54.1 Å². The molecule has 0 bridgehead atoms. The third kappa shape index (κ3) is 3.80. The number of fused-ring (bicyclic) bond motifs is 1. The molecule has 2 aromatic carbocycles. The zero-order chi connectivity index (χ0) is 21.5. The van der Waals surface area contributed by atoms with E-state index in [9.17, 15) is 18.0 Å². The van der Waals surface area contributed by atoms with Crippen molar-refractivity contribution in [3.8, 4) is 5.69 Å². The van der Waals surface area contributed by atoms with Crippen LogP contribution in [-0.2, 0) is 6.18 Å². The highest BCUT2D eigenvalue weighted by Gasteiger charge is 2.30. The van der Waals surface area contributed by atoms with Crippen molar-refractivity contribution in [3.05, 3.63) is 92.7 Å². The van der Waals surface area contributed by atoms with Gasteiger partial charge >= 0.3 is 6.18 Å². The highest BCUT2D eigenvalue weighted by atomic mass is 79.9. The predicted octanol–water partition coefficient (Wildman–Crippen LogP) is 5.16. The number of alkyl halides is 3. The summed E-state index contributed by atoms with van der Waals surface area (Å²) >= 11 is 3.34. The summed E-state index contributed by atoms with van der Waals surface area (Å²) in [7, 11) is 0. The summed E-state index contributed by atoms with van der Waals surface area (Å²) < 4.78 is 42.6. The maximum Gasteiger partial charge on any atom is 0.416 e. The quantitative estimate of drug-likeness (QED) is 0.385. The summed E-state index contributed by atoms with van der Waals surface area (Å²) in [5.41, 5.74) is 0.315. The van der Waals surface area contributed by atoms with Crippen molar-refractivity contribution in [3.63, 3.8) is 0 Å². The van der Waals surface area contributed by atoms with Crippen LogP contribution in [-0.4, -0.2) is 20.4 Å². The van der Waals surface area contributed by atoms with Crippen LogP contribution >= 0.6 is 15.9 Å². The number of hydrogen-bond acceptors (Lipinski definition) is 3. The van der Waals surface area contributed by atoms with Gasteiger partial charge in [0.2, 0.25) is 0 Å². The molecule has 4 rings (SSSR count). The number of nitrogens with zero attached hydrogens (tertiary/aromatic N) is 4. The first-order chi connectivity index (χ1) is 14.2. The smallest absolute Gasteiger partial charge is 0.316 e. The van der Waals surface area contributed by atoms with E-state index >= 15 is 0 Å². The van der Waals surface area contributed by atoms with Crippen LogP contribution in [0.4, 0.5) is 13.2 Å². The first kappa shape index (κ1) is 20.1. The second-order valence-corrected chi connectivity index (χ2v) is 7.45. The normalized spacial score (nSPS) is 12.2. The molecule has 2 heterocycles. The van der Waals surface area contributed by atoms with E-state index < -0.39 is 11.7 Å². The molecule has 30 heavy (non-hydrogen) atoms. The third-order valence-electron chi connectivity index (χ3n) is 4.51. The number of aryl methyl sites for hydroxylation is 1. The Balaban J connectivity index is 1.76. The lowest BCUT2D eigenvalue weighted by molar-refractivity contribution is -0.137. The van der Waals surface area contributed by atoms with Gasteiger partial charge in [0.1, 0.15) is 5.82 Å². The monoisotopic (exact) mass is 474 g/mol. The molecule has 0 aliphatic rings. The molecule has 9 heteroatoms. The summed E-state index contributed by atoms with van der Waals surface area (Å²) in [4.78, 5) is 17.2. The molecule has 2 aromatic heterocycles. The van der Waals surface area contributed by atoms with Crippen LogP contribution in [0.1, 0.15) is 17.1 Å². The molecule has 0 N–H and O–H groups in total. The minimum absolute atomic E-state index is 0.334. The fourth-order valence-electron chi connectivity index (χ4n) is 3.08. The molecule has 0 fully saturated rings. The fourth-order valence-corrected chi connectivity index (χ4v) is 3.44. The van der Waals surface area contributed by atoms with Crippen molar-refractivity contribution in [2.75, 3.05) is 0 Å². The molecule has 5 nitrogen and oxygen atoms in total. The van der Waals surface area contributed by atoms with Crippen LogP contribution in [0.5, 0.6) is 0 Å². The number of aromatic nitrogens is 3. The zero-order valence-electron chi connectivity index (χ0n) is 15.6. The maximum atomic E-state index is 13.0. The van der Waals surface area contributed by atoms with Gasteiger partial charge in [-0.1, -0.05) is 22.0 Å². The van der Waals surface area contributed by atoms with Gasteiger partial charge in [0.25, 0.3) is 5.56 Å². The molecule has 0 amide bonds. The van der Waals surface area contributed by atoms with Crippen LogP contribution in [0.3, 0.4) is 0 Å². The maximum absolute atomic E-state index is 13.0. The van der Waals surface area contributed by atoms with Crippen molar-refractivity contribution in [1.29, 1.82) is 0 Å². The Hall–Kier alpha value is -3.20. The molecule has 0 spiro atoms. The highest BCUT2D eigenvalue weighted by Crippen LogP contribution is 2.30. The molecular formula is C21H14BrF3N4O. The molecule has 152 valence electrons. The average molecular weight is 475 g/mol. The minimum atomic E-state index is -4.44. The number of halogens is 4. The van der Waals surface area contributed by atoms with Crippen molar-refractivity contribution >= 4 is 33.0 Å². The molecule has 0 saturated heterocycles. The Morgan fingerprint density at radius 2 is 1.90 bits per heavy atom. The predicted molar refractivity (Wildman–Crippen MR) is 112 cm³/mol. The lowest BCUT2D eigenvalue weighted by atomic mass is 10.2. The van der Waals surface area contributed by atoms with E-state index in [0.29, 0.717) is 28.1 Å². The van der Waals surface area contributed by atoms with Gasteiger partial charge in [-0.25, -0.2) is 4.98 Å². The van der Waals surface area contributed by atoms with Crippen LogP contribution in [0, 0.1) is 6.92 Å². The standard InChI is InChI=1S/C21H14BrF3N4O/c1-13-27-19-8-7-15(22)11-18(19)20(30)29(13)26-12-17-6-3-9-28(17)16-5-2-4-14(10-16)21(23,24)25/h2-12H,1H3. The van der Waals surface area contributed by atoms with Crippen LogP contribution < -0.4 is 5.56 Å². The Morgan fingerprint density at radius 3 is 2.67 bits per heavy atom. The second kappa shape index (κ2) is 7.56. The van der Waals surface area contributed by atoms with Gasteiger partial charge in [0.05, 0.1) is 28.4 Å². The van der Waals surface area contributed by atoms with Gasteiger partial charge in [-0.15, -0.1) is 0 Å². The number of hydrogen-bond donors (Lipinski definition) is 0. The van der Waals surface area contributed by atoms with Gasteiger partial charge in [-0.2, -0.15) is 22.9 Å². The van der Waals surface area contributed by atoms with Crippen LogP contribution in [0.25, 0.3) is 16.6 Å². The van der Waals surface area contributed by atoms with Crippen LogP contribution in [0.15, 0.2) is 75.2 Å². The lowest BCUT2D eigenvalue weighted by Crippen LogP contribution is -2.20. The molecule has 0 saturated carbocycles. The van der Waals surface area contributed by atoms with Crippen molar-refractivity contribution in [1.82, 2.24) is 14.2 Å². The molecule has 0 atom stereocenters. The van der Waals surface area contributed by atoms with Gasteiger partial charge in [0, 0.05) is 16.4 Å². The summed E-state index contributed by atoms with van der Waals surface area (Å²) in [6, 6.07) is 13.6. The Bertz CT molecular complexity index is 1340. The minimum Gasteiger partial charge on any atom is -0.316 e. The van der Waals surface area contributed by atoms with Gasteiger partial charge in [0.15, 0.2) is 0 Å². The first-order valence-corrected chi connectivity index (χ1v) is 9.61. The second-order valence-electron chi connectivity index (χ2n) is 6.53. The fraction of sp³-hybridized carbons (Fsp3) is 0.0952. The summed E-state index contributed by atoms with van der Waals surface area (Å²) in [5, 5.41) is 4.65. The average Bonchev–Trinajstić information content (AvgIpc) is 3.16. The molecule has 0 radical (unpaired) electrons. The zero-order valence-corrected chi connectivity index (χ0v) is 17.1. The molecule has 0 aliphatic heterocycles. The van der Waals surface area contributed by atoms with Crippen molar-refractivity contribution in [2.24, 2.45) is 5.10 Å². The van der Waals surface area contributed by atoms with E-state index in [1.165, 1.54) is 12.3 Å². The van der Waals surface area contributed by atoms with E-state index in [1.807, 2.05) is 0 Å². The largest absolute Gasteiger partial charge is 0.416 e. The summed E-state index contributed by atoms with van der Waals surface area (Å²) in [6.07, 6.45) is -1.39.